The highest BCUT2D eigenvalue weighted by atomic mass is 16.5. The second-order valence-corrected chi connectivity index (χ2v) is 5.79. The van der Waals surface area contributed by atoms with Crippen LogP contribution in [0.15, 0.2) is 48.2 Å². The highest BCUT2D eigenvalue weighted by molar-refractivity contribution is 5.88. The minimum absolute atomic E-state index is 0.221. The molecule has 3 atom stereocenters. The fraction of sp³-hybridized carbons (Fsp3) is 0.353. The summed E-state index contributed by atoms with van der Waals surface area (Å²) in [5.41, 5.74) is 2.17. The zero-order chi connectivity index (χ0) is 17.1. The largest absolute Gasteiger partial charge is 0.466 e. The average molecular weight is 329 g/mol. The van der Waals surface area contributed by atoms with Crippen molar-refractivity contribution in [3.63, 3.8) is 0 Å². The average Bonchev–Trinajstić information content (AvgIpc) is 3.05. The van der Waals surface area contributed by atoms with E-state index in [-0.39, 0.29) is 6.42 Å². The molecule has 1 aliphatic carbocycles. The van der Waals surface area contributed by atoms with E-state index in [4.69, 9.17) is 4.74 Å². The van der Waals surface area contributed by atoms with Crippen molar-refractivity contribution in [2.24, 2.45) is 0 Å². The molecule has 0 unspecified atom stereocenters. The van der Waals surface area contributed by atoms with Gasteiger partial charge < -0.3 is 14.9 Å². The Kier molecular flexibility index (Phi) is 4.73. The van der Waals surface area contributed by atoms with Crippen molar-refractivity contribution >= 4 is 5.97 Å². The quantitative estimate of drug-likeness (QED) is 0.799. The molecule has 0 radical (unpaired) electrons. The summed E-state index contributed by atoms with van der Waals surface area (Å²) in [4.78, 5) is 11.7. The number of aliphatic hydroxyl groups is 2. The molecule has 1 aliphatic rings. The number of carbonyl (C=O) groups is 1. The van der Waals surface area contributed by atoms with Crippen LogP contribution in [-0.4, -0.2) is 50.5 Å². The van der Waals surface area contributed by atoms with Crippen LogP contribution < -0.4 is 0 Å². The second kappa shape index (κ2) is 6.94. The number of aromatic nitrogens is 3. The molecule has 0 saturated carbocycles. The summed E-state index contributed by atoms with van der Waals surface area (Å²) in [6.07, 6.45) is 1.68. The summed E-state index contributed by atoms with van der Waals surface area (Å²) in [6, 6.07) is 9.27. The maximum atomic E-state index is 11.7. The Hall–Kier alpha value is -2.51. The van der Waals surface area contributed by atoms with Crippen LogP contribution >= 0.6 is 0 Å². The molecule has 0 saturated heterocycles. The molecule has 1 aromatic carbocycles. The first-order valence-corrected chi connectivity index (χ1v) is 7.68. The van der Waals surface area contributed by atoms with Gasteiger partial charge in [-0.15, -0.1) is 5.10 Å². The molecule has 3 rings (SSSR count). The van der Waals surface area contributed by atoms with Gasteiger partial charge in [-0.2, -0.15) is 0 Å². The zero-order valence-corrected chi connectivity index (χ0v) is 13.2. The van der Waals surface area contributed by atoms with E-state index < -0.39 is 24.2 Å². The first-order valence-electron chi connectivity index (χ1n) is 7.68. The van der Waals surface area contributed by atoms with Gasteiger partial charge in [0.25, 0.3) is 0 Å². The van der Waals surface area contributed by atoms with Crippen LogP contribution in [-0.2, 0) is 16.0 Å². The van der Waals surface area contributed by atoms with E-state index in [0.29, 0.717) is 12.0 Å². The SMILES string of the molecule is COC(=O)C1=C[C@@H](O)[C@@H](O)[C@H](n2cc(Cc3ccccc3)nn2)C1. The number of hydrogen-bond acceptors (Lipinski definition) is 6. The number of carbonyl (C=O) groups excluding carboxylic acids is 1. The third kappa shape index (κ3) is 3.37. The number of rotatable bonds is 4. The van der Waals surface area contributed by atoms with Gasteiger partial charge in [0.15, 0.2) is 0 Å². The Balaban J connectivity index is 1.79. The normalized spacial score (nSPS) is 23.6. The molecule has 0 amide bonds. The summed E-state index contributed by atoms with van der Waals surface area (Å²) in [7, 11) is 1.28. The number of ether oxygens (including phenoxy) is 1. The van der Waals surface area contributed by atoms with Crippen LogP contribution in [0.5, 0.6) is 0 Å². The lowest BCUT2D eigenvalue weighted by molar-refractivity contribution is -0.137. The van der Waals surface area contributed by atoms with Crippen LogP contribution in [0.2, 0.25) is 0 Å². The lowest BCUT2D eigenvalue weighted by atomic mass is 9.90. The van der Waals surface area contributed by atoms with Crippen molar-refractivity contribution in [1.82, 2.24) is 15.0 Å². The summed E-state index contributed by atoms with van der Waals surface area (Å²) < 4.78 is 6.20. The molecule has 126 valence electrons. The standard InChI is InChI=1S/C17H19N3O4/c1-24-17(23)12-8-14(16(22)15(21)9-12)20-10-13(18-19-20)7-11-5-3-2-4-6-11/h2-6,9-10,14-16,21-22H,7-8H2,1H3/t14-,15-,16+/m1/s1. The zero-order valence-electron chi connectivity index (χ0n) is 13.2. The van der Waals surface area contributed by atoms with Gasteiger partial charge in [0, 0.05) is 24.6 Å². The molecule has 0 spiro atoms. The van der Waals surface area contributed by atoms with E-state index in [9.17, 15) is 15.0 Å². The van der Waals surface area contributed by atoms with Crippen LogP contribution in [0, 0.1) is 0 Å². The maximum Gasteiger partial charge on any atom is 0.333 e. The summed E-state index contributed by atoms with van der Waals surface area (Å²) >= 11 is 0. The second-order valence-electron chi connectivity index (χ2n) is 5.79. The molecule has 7 heteroatoms. The molecule has 0 fully saturated rings. The van der Waals surface area contributed by atoms with Crippen molar-refractivity contribution in [1.29, 1.82) is 0 Å². The van der Waals surface area contributed by atoms with Gasteiger partial charge in [-0.25, -0.2) is 9.48 Å². The number of hydrogen-bond donors (Lipinski definition) is 2. The van der Waals surface area contributed by atoms with Gasteiger partial charge in [-0.1, -0.05) is 35.5 Å². The third-order valence-electron chi connectivity index (χ3n) is 4.12. The Labute approximate surface area is 139 Å². The maximum absolute atomic E-state index is 11.7. The Morgan fingerprint density at radius 1 is 1.33 bits per heavy atom. The number of nitrogens with zero attached hydrogens (tertiary/aromatic N) is 3. The van der Waals surface area contributed by atoms with Crippen LogP contribution in [0.4, 0.5) is 0 Å². The molecule has 24 heavy (non-hydrogen) atoms. The predicted octanol–water partition coefficient (Wildman–Crippen LogP) is 0.635. The van der Waals surface area contributed by atoms with E-state index in [1.54, 1.807) is 6.20 Å². The van der Waals surface area contributed by atoms with Crippen molar-refractivity contribution in [3.05, 3.63) is 59.4 Å². The number of methoxy groups -OCH3 is 1. The number of aliphatic hydroxyl groups excluding tert-OH is 2. The van der Waals surface area contributed by atoms with Gasteiger partial charge in [0.05, 0.1) is 18.8 Å². The summed E-state index contributed by atoms with van der Waals surface area (Å²) in [6.45, 7) is 0. The van der Waals surface area contributed by atoms with Crippen LogP contribution in [0.1, 0.15) is 23.7 Å². The first-order chi connectivity index (χ1) is 11.6. The van der Waals surface area contributed by atoms with Gasteiger partial charge in [-0.3, -0.25) is 0 Å². The predicted molar refractivity (Wildman–Crippen MR) is 85.0 cm³/mol. The minimum atomic E-state index is -1.15. The van der Waals surface area contributed by atoms with E-state index in [1.807, 2.05) is 30.3 Å². The minimum Gasteiger partial charge on any atom is -0.466 e. The number of benzene rings is 1. The summed E-state index contributed by atoms with van der Waals surface area (Å²) in [5, 5.41) is 28.4. The third-order valence-corrected chi connectivity index (χ3v) is 4.12. The first kappa shape index (κ1) is 16.4. The molecular weight excluding hydrogens is 310 g/mol. The fourth-order valence-corrected chi connectivity index (χ4v) is 2.84. The van der Waals surface area contributed by atoms with Gasteiger partial charge >= 0.3 is 5.97 Å². The van der Waals surface area contributed by atoms with Gasteiger partial charge in [0.2, 0.25) is 0 Å². The molecule has 0 aliphatic heterocycles. The van der Waals surface area contributed by atoms with E-state index in [2.05, 4.69) is 10.3 Å². The Morgan fingerprint density at radius 3 is 2.79 bits per heavy atom. The van der Waals surface area contributed by atoms with Crippen molar-refractivity contribution in [3.8, 4) is 0 Å². The lowest BCUT2D eigenvalue weighted by Gasteiger charge is -2.30. The highest BCUT2D eigenvalue weighted by Crippen LogP contribution is 2.29. The van der Waals surface area contributed by atoms with E-state index in [0.717, 1.165) is 11.3 Å². The summed E-state index contributed by atoms with van der Waals surface area (Å²) in [5.74, 6) is -0.518. The van der Waals surface area contributed by atoms with Gasteiger partial charge in [0.1, 0.15) is 12.2 Å². The van der Waals surface area contributed by atoms with Crippen molar-refractivity contribution < 1.29 is 19.7 Å². The Morgan fingerprint density at radius 2 is 2.08 bits per heavy atom. The molecular formula is C17H19N3O4. The van der Waals surface area contributed by atoms with Gasteiger partial charge in [-0.05, 0) is 11.6 Å². The highest BCUT2D eigenvalue weighted by Gasteiger charge is 2.35. The van der Waals surface area contributed by atoms with Crippen LogP contribution in [0.25, 0.3) is 0 Å². The molecule has 1 heterocycles. The Bertz CT molecular complexity index is 741. The monoisotopic (exact) mass is 329 g/mol. The molecule has 2 N–H and O–H groups in total. The van der Waals surface area contributed by atoms with E-state index >= 15 is 0 Å². The molecule has 7 nitrogen and oxygen atoms in total. The fourth-order valence-electron chi connectivity index (χ4n) is 2.84. The molecule has 1 aromatic heterocycles. The van der Waals surface area contributed by atoms with Crippen molar-refractivity contribution in [2.75, 3.05) is 7.11 Å². The van der Waals surface area contributed by atoms with E-state index in [1.165, 1.54) is 17.9 Å². The lowest BCUT2D eigenvalue weighted by Crippen LogP contribution is -2.39. The number of esters is 1. The van der Waals surface area contributed by atoms with Crippen molar-refractivity contribution in [2.45, 2.75) is 31.1 Å². The topological polar surface area (TPSA) is 97.5 Å². The van der Waals surface area contributed by atoms with Crippen LogP contribution in [0.3, 0.4) is 0 Å². The smallest absolute Gasteiger partial charge is 0.333 e. The molecule has 0 bridgehead atoms. The molecule has 2 aromatic rings.